The first-order valence-corrected chi connectivity index (χ1v) is 5.04. The molecule has 1 rings (SSSR count). The molecule has 0 atom stereocenters. The third kappa shape index (κ3) is 1.91. The molecule has 0 aliphatic rings. The summed E-state index contributed by atoms with van der Waals surface area (Å²) in [5.41, 5.74) is 6.14. The lowest BCUT2D eigenvalue weighted by atomic mass is 10.3. The van der Waals surface area contributed by atoms with Gasteiger partial charge in [0.2, 0.25) is 0 Å². The number of nitrogens with one attached hydrogen (secondary N) is 1. The van der Waals surface area contributed by atoms with Crippen LogP contribution in [0, 0.1) is 11.3 Å². The van der Waals surface area contributed by atoms with Crippen LogP contribution < -0.4 is 15.8 Å². The van der Waals surface area contributed by atoms with Crippen LogP contribution in [0.2, 0.25) is 0 Å². The number of hydrogen-bond donors (Lipinski definition) is 2. The Labute approximate surface area is 87.3 Å². The van der Waals surface area contributed by atoms with Gasteiger partial charge >= 0.3 is 0 Å². The fourth-order valence-electron chi connectivity index (χ4n) is 1.07. The normalized spacial score (nSPS) is 9.93. The third-order valence-electron chi connectivity index (χ3n) is 1.63. The summed E-state index contributed by atoms with van der Waals surface area (Å²) in [6, 6.07) is 2.32. The Kier molecular flexibility index (Phi) is 3.20. The molecule has 0 saturated carbocycles. The van der Waals surface area contributed by atoms with Crippen molar-refractivity contribution in [2.45, 2.75) is 19.9 Å². The molecule has 0 aliphatic carbocycles. The lowest BCUT2D eigenvalue weighted by Gasteiger charge is -2.09. The first-order valence-electron chi connectivity index (χ1n) is 4.23. The lowest BCUT2D eigenvalue weighted by Crippen LogP contribution is -2.09. The molecule has 1 aromatic rings. The molecule has 1 heterocycles. The molecule has 0 radical (unpaired) electrons. The first kappa shape index (κ1) is 10.7. The van der Waals surface area contributed by atoms with Gasteiger partial charge in [-0.1, -0.05) is 0 Å². The van der Waals surface area contributed by atoms with E-state index in [1.807, 2.05) is 19.9 Å². The Balaban J connectivity index is 3.10. The average Bonchev–Trinajstić information content (AvgIpc) is 2.41. The molecule has 0 bridgehead atoms. The van der Waals surface area contributed by atoms with E-state index in [2.05, 4.69) is 5.32 Å². The maximum atomic E-state index is 8.78. The molecule has 0 unspecified atom stereocenters. The van der Waals surface area contributed by atoms with Gasteiger partial charge in [0.15, 0.2) is 5.75 Å². The number of nitrogens with two attached hydrogens (primary N) is 1. The Bertz CT molecular complexity index is 365. The third-order valence-corrected chi connectivity index (χ3v) is 2.65. The van der Waals surface area contributed by atoms with Crippen molar-refractivity contribution in [1.82, 2.24) is 0 Å². The van der Waals surface area contributed by atoms with Gasteiger partial charge in [0, 0.05) is 6.04 Å². The fraction of sp³-hybridized carbons (Fsp3) is 0.444. The van der Waals surface area contributed by atoms with Gasteiger partial charge in [-0.2, -0.15) is 5.26 Å². The highest BCUT2D eigenvalue weighted by Crippen LogP contribution is 2.42. The Morgan fingerprint density at radius 1 is 1.57 bits per heavy atom. The van der Waals surface area contributed by atoms with Gasteiger partial charge in [-0.3, -0.25) is 0 Å². The molecule has 1 aromatic heterocycles. The summed E-state index contributed by atoms with van der Waals surface area (Å²) in [4.78, 5) is 0.491. The Morgan fingerprint density at radius 2 is 2.21 bits per heavy atom. The molecule has 0 spiro atoms. The minimum atomic E-state index is 0.286. The van der Waals surface area contributed by atoms with E-state index in [0.717, 1.165) is 5.00 Å². The van der Waals surface area contributed by atoms with E-state index in [-0.39, 0.29) is 6.04 Å². The zero-order valence-corrected chi connectivity index (χ0v) is 9.23. The van der Waals surface area contributed by atoms with Crippen molar-refractivity contribution >= 4 is 22.0 Å². The van der Waals surface area contributed by atoms with Crippen molar-refractivity contribution in [2.75, 3.05) is 18.2 Å². The van der Waals surface area contributed by atoms with Crippen LogP contribution in [0.3, 0.4) is 0 Å². The maximum Gasteiger partial charge on any atom is 0.177 e. The summed E-state index contributed by atoms with van der Waals surface area (Å²) >= 11 is 1.32. The first-order chi connectivity index (χ1) is 6.60. The van der Waals surface area contributed by atoms with E-state index in [1.165, 1.54) is 11.3 Å². The van der Waals surface area contributed by atoms with Crippen LogP contribution in [0.5, 0.6) is 5.75 Å². The van der Waals surface area contributed by atoms with Gasteiger partial charge < -0.3 is 15.8 Å². The van der Waals surface area contributed by atoms with Crippen LogP contribution in [-0.2, 0) is 0 Å². The smallest absolute Gasteiger partial charge is 0.177 e. The summed E-state index contributed by atoms with van der Waals surface area (Å²) in [6.07, 6.45) is 0. The summed E-state index contributed by atoms with van der Waals surface area (Å²) in [5, 5.41) is 12.8. The molecule has 0 aliphatic heterocycles. The largest absolute Gasteiger partial charge is 0.492 e. The lowest BCUT2D eigenvalue weighted by molar-refractivity contribution is 0.420. The van der Waals surface area contributed by atoms with E-state index in [9.17, 15) is 0 Å². The van der Waals surface area contributed by atoms with Crippen LogP contribution >= 0.6 is 11.3 Å². The average molecular weight is 211 g/mol. The molecule has 5 heteroatoms. The predicted octanol–water partition coefficient (Wildman–Crippen LogP) is 2.03. The molecular weight excluding hydrogens is 198 g/mol. The fourth-order valence-corrected chi connectivity index (χ4v) is 2.10. The van der Waals surface area contributed by atoms with Crippen molar-refractivity contribution < 1.29 is 4.74 Å². The number of anilines is 2. The minimum absolute atomic E-state index is 0.286. The van der Waals surface area contributed by atoms with Crippen LogP contribution in [-0.4, -0.2) is 13.2 Å². The van der Waals surface area contributed by atoms with Gasteiger partial charge in [0.25, 0.3) is 0 Å². The topological polar surface area (TPSA) is 71.1 Å². The monoisotopic (exact) mass is 211 g/mol. The van der Waals surface area contributed by atoms with E-state index in [4.69, 9.17) is 15.7 Å². The second-order valence-electron chi connectivity index (χ2n) is 3.12. The summed E-state index contributed by atoms with van der Waals surface area (Å²) in [6.45, 7) is 4.03. The Hall–Kier alpha value is -1.41. The highest BCUT2D eigenvalue weighted by molar-refractivity contribution is 7.17. The van der Waals surface area contributed by atoms with E-state index >= 15 is 0 Å². The predicted molar refractivity (Wildman–Crippen MR) is 58.8 cm³/mol. The molecule has 0 fully saturated rings. The SMILES string of the molecule is COc1c(NC(C)C)sc(C#N)c1N. The van der Waals surface area contributed by atoms with Crippen LogP contribution in [0.1, 0.15) is 18.7 Å². The zero-order valence-electron chi connectivity index (χ0n) is 8.42. The van der Waals surface area contributed by atoms with E-state index < -0.39 is 0 Å². The van der Waals surface area contributed by atoms with Crippen LogP contribution in [0.25, 0.3) is 0 Å². The van der Waals surface area contributed by atoms with Crippen molar-refractivity contribution in [3.8, 4) is 11.8 Å². The second-order valence-corrected chi connectivity index (χ2v) is 4.14. The number of rotatable bonds is 3. The molecule has 4 nitrogen and oxygen atoms in total. The van der Waals surface area contributed by atoms with Gasteiger partial charge in [0.1, 0.15) is 21.6 Å². The van der Waals surface area contributed by atoms with Crippen LogP contribution in [0.15, 0.2) is 0 Å². The number of nitrogen functional groups attached to an aromatic ring is 1. The summed E-state index contributed by atoms with van der Waals surface area (Å²) < 4.78 is 5.13. The summed E-state index contributed by atoms with van der Waals surface area (Å²) in [7, 11) is 1.55. The molecule has 14 heavy (non-hydrogen) atoms. The molecule has 0 aromatic carbocycles. The quantitative estimate of drug-likeness (QED) is 0.802. The van der Waals surface area contributed by atoms with Crippen molar-refractivity contribution in [1.29, 1.82) is 5.26 Å². The zero-order chi connectivity index (χ0) is 10.7. The molecular formula is C9H13N3OS. The number of nitriles is 1. The Morgan fingerprint density at radius 3 is 2.64 bits per heavy atom. The van der Waals surface area contributed by atoms with Crippen molar-refractivity contribution in [3.05, 3.63) is 4.88 Å². The number of hydrogen-bond acceptors (Lipinski definition) is 5. The highest BCUT2D eigenvalue weighted by Gasteiger charge is 2.16. The number of ether oxygens (including phenoxy) is 1. The van der Waals surface area contributed by atoms with Gasteiger partial charge in [0.05, 0.1) is 7.11 Å². The molecule has 0 amide bonds. The summed E-state index contributed by atoms with van der Waals surface area (Å²) in [5.74, 6) is 0.570. The van der Waals surface area contributed by atoms with Crippen molar-refractivity contribution in [2.24, 2.45) is 0 Å². The van der Waals surface area contributed by atoms with Gasteiger partial charge in [-0.05, 0) is 13.8 Å². The minimum Gasteiger partial charge on any atom is -0.492 e. The number of nitrogens with zero attached hydrogens (tertiary/aromatic N) is 1. The molecule has 3 N–H and O–H groups in total. The molecule has 76 valence electrons. The number of thiophene rings is 1. The van der Waals surface area contributed by atoms with E-state index in [0.29, 0.717) is 16.3 Å². The maximum absolute atomic E-state index is 8.78. The van der Waals surface area contributed by atoms with Gasteiger partial charge in [-0.15, -0.1) is 11.3 Å². The number of methoxy groups -OCH3 is 1. The second kappa shape index (κ2) is 4.20. The molecule has 0 saturated heterocycles. The van der Waals surface area contributed by atoms with Crippen molar-refractivity contribution in [3.63, 3.8) is 0 Å². The van der Waals surface area contributed by atoms with Crippen LogP contribution in [0.4, 0.5) is 10.7 Å². The standard InChI is InChI=1S/C9H13N3OS/c1-5(2)12-9-8(13-3)7(11)6(4-10)14-9/h5,12H,11H2,1-3H3. The van der Waals surface area contributed by atoms with Gasteiger partial charge in [-0.25, -0.2) is 0 Å². The highest BCUT2D eigenvalue weighted by atomic mass is 32.1. The van der Waals surface area contributed by atoms with E-state index in [1.54, 1.807) is 7.11 Å².